The first-order valence-electron chi connectivity index (χ1n) is 10.0. The van der Waals surface area contributed by atoms with Gasteiger partial charge in [-0.2, -0.15) is 18.3 Å². The zero-order valence-corrected chi connectivity index (χ0v) is 19.3. The zero-order chi connectivity index (χ0) is 24.5. The molecule has 0 aliphatic heterocycles. The second-order valence-corrected chi connectivity index (χ2v) is 8.95. The fourth-order valence-corrected chi connectivity index (χ4v) is 4.53. The van der Waals surface area contributed by atoms with Crippen molar-refractivity contribution in [1.82, 2.24) is 9.78 Å². The monoisotopic (exact) mass is 506 g/mol. The summed E-state index contributed by atoms with van der Waals surface area (Å²) in [4.78, 5) is 11.6. The molecule has 5 nitrogen and oxygen atoms in total. The number of benzene rings is 3. The van der Waals surface area contributed by atoms with E-state index in [0.29, 0.717) is 22.2 Å². The Hall–Kier alpha value is -3.17. The quantitative estimate of drug-likeness (QED) is 0.280. The van der Waals surface area contributed by atoms with Crippen LogP contribution >= 0.6 is 23.4 Å². The summed E-state index contributed by atoms with van der Waals surface area (Å²) in [5.41, 5.74) is 2.04. The number of aliphatic carboxylic acids is 1. The van der Waals surface area contributed by atoms with Crippen LogP contribution in [0.1, 0.15) is 16.8 Å². The molecule has 0 spiro atoms. The first kappa shape index (κ1) is 24.0. The van der Waals surface area contributed by atoms with Crippen LogP contribution in [0.25, 0.3) is 16.6 Å². The lowest BCUT2D eigenvalue weighted by atomic mass is 10.2. The maximum absolute atomic E-state index is 12.9. The minimum atomic E-state index is -4.41. The normalized spacial score (nSPS) is 11.7. The average molecular weight is 507 g/mol. The molecule has 0 unspecified atom stereocenters. The van der Waals surface area contributed by atoms with Gasteiger partial charge >= 0.3 is 12.1 Å². The summed E-state index contributed by atoms with van der Waals surface area (Å²) in [6.45, 7) is 1.41. The molecular weight excluding hydrogens is 489 g/mol. The molecule has 0 atom stereocenters. The van der Waals surface area contributed by atoms with E-state index in [0.717, 1.165) is 39.2 Å². The zero-order valence-electron chi connectivity index (χ0n) is 17.8. The predicted octanol–water partition coefficient (Wildman–Crippen LogP) is 6.76. The Morgan fingerprint density at radius 3 is 2.50 bits per heavy atom. The molecule has 0 aliphatic rings. The third kappa shape index (κ3) is 5.31. The van der Waals surface area contributed by atoms with Gasteiger partial charge in [-0.05, 0) is 73.2 Å². The Balaban J connectivity index is 1.60. The number of hydrogen-bond donors (Lipinski definition) is 1. The summed E-state index contributed by atoms with van der Waals surface area (Å²) in [6, 6.07) is 15.6. The van der Waals surface area contributed by atoms with E-state index in [-0.39, 0.29) is 0 Å². The van der Waals surface area contributed by atoms with Gasteiger partial charge in [0.05, 0.1) is 22.5 Å². The number of alkyl halides is 3. The molecule has 0 saturated heterocycles. The molecule has 0 amide bonds. The van der Waals surface area contributed by atoms with Gasteiger partial charge in [-0.15, -0.1) is 11.8 Å². The molecule has 1 heterocycles. The van der Waals surface area contributed by atoms with Crippen LogP contribution in [0.2, 0.25) is 5.02 Å². The number of fused-ring (bicyclic) bond motifs is 1. The summed E-state index contributed by atoms with van der Waals surface area (Å²) in [5, 5.41) is 14.8. The summed E-state index contributed by atoms with van der Waals surface area (Å²) in [5.74, 6) is -0.0678. The van der Waals surface area contributed by atoms with Gasteiger partial charge in [0.25, 0.3) is 0 Å². The van der Waals surface area contributed by atoms with Crippen LogP contribution in [0.3, 0.4) is 0 Å². The maximum Gasteiger partial charge on any atom is 0.416 e. The van der Waals surface area contributed by atoms with Gasteiger partial charge in [-0.3, -0.25) is 0 Å². The number of ether oxygens (including phenoxy) is 1. The number of carbonyl (C=O) groups is 1. The Kier molecular flexibility index (Phi) is 6.77. The molecule has 4 aromatic rings. The molecule has 1 N–H and O–H groups in total. The smallest absolute Gasteiger partial charge is 0.416 e. The van der Waals surface area contributed by atoms with Crippen molar-refractivity contribution in [2.45, 2.75) is 23.7 Å². The van der Waals surface area contributed by atoms with Crippen molar-refractivity contribution in [3.63, 3.8) is 0 Å². The minimum absolute atomic E-state index is 0.415. The number of aryl methyl sites for hydroxylation is 1. The average Bonchev–Trinajstić information content (AvgIpc) is 3.14. The number of halogens is 4. The summed E-state index contributed by atoms with van der Waals surface area (Å²) in [7, 11) is 0. The molecule has 0 radical (unpaired) electrons. The molecule has 0 saturated carbocycles. The van der Waals surface area contributed by atoms with Gasteiger partial charge in [0.1, 0.15) is 5.75 Å². The summed E-state index contributed by atoms with van der Waals surface area (Å²) < 4.78 is 45.7. The van der Waals surface area contributed by atoms with E-state index in [4.69, 9.17) is 21.4 Å². The molecule has 0 aliphatic carbocycles. The molecule has 10 heteroatoms. The highest BCUT2D eigenvalue weighted by molar-refractivity contribution is 7.98. The number of carboxylic acids is 1. The second-order valence-electron chi connectivity index (χ2n) is 7.46. The largest absolute Gasteiger partial charge is 0.482 e. The Morgan fingerprint density at radius 2 is 1.85 bits per heavy atom. The van der Waals surface area contributed by atoms with Crippen molar-refractivity contribution in [3.05, 3.63) is 82.5 Å². The highest BCUT2D eigenvalue weighted by Crippen LogP contribution is 2.33. The van der Waals surface area contributed by atoms with Crippen LogP contribution in [-0.4, -0.2) is 27.5 Å². The highest BCUT2D eigenvalue weighted by atomic mass is 35.5. The molecule has 3 aromatic carbocycles. The van der Waals surface area contributed by atoms with Gasteiger partial charge in [0, 0.05) is 21.1 Å². The fraction of sp³-hybridized carbons (Fsp3) is 0.167. The van der Waals surface area contributed by atoms with Crippen LogP contribution in [0.4, 0.5) is 13.2 Å². The van der Waals surface area contributed by atoms with E-state index in [1.54, 1.807) is 28.9 Å². The van der Waals surface area contributed by atoms with E-state index >= 15 is 0 Å². The molecule has 0 fully saturated rings. The maximum atomic E-state index is 12.9. The van der Waals surface area contributed by atoms with Gasteiger partial charge in [0.2, 0.25) is 0 Å². The van der Waals surface area contributed by atoms with Gasteiger partial charge in [-0.25, -0.2) is 9.48 Å². The van der Waals surface area contributed by atoms with E-state index in [1.165, 1.54) is 23.9 Å². The standard InChI is InChI=1S/C24H18ClF3N2O3S/c1-14-10-18(7-9-22(14)33-12-23(31)32)34-13-20-19-11-16(25)4-8-21(19)30(29-20)17-5-2-15(3-6-17)24(26,27)28/h2-11H,12-13H2,1H3,(H,31,32). The number of carboxylic acid groups (broad SMARTS) is 1. The van der Waals surface area contributed by atoms with Crippen LogP contribution < -0.4 is 4.74 Å². The third-order valence-electron chi connectivity index (χ3n) is 5.03. The lowest BCUT2D eigenvalue weighted by Gasteiger charge is -2.09. The molecule has 1 aromatic heterocycles. The van der Waals surface area contributed by atoms with Crippen molar-refractivity contribution in [2.24, 2.45) is 0 Å². The number of rotatable bonds is 7. The first-order chi connectivity index (χ1) is 16.1. The first-order valence-corrected chi connectivity index (χ1v) is 11.4. The molecule has 176 valence electrons. The highest BCUT2D eigenvalue weighted by Gasteiger charge is 2.30. The molecule has 34 heavy (non-hydrogen) atoms. The number of hydrogen-bond acceptors (Lipinski definition) is 4. The summed E-state index contributed by atoms with van der Waals surface area (Å²) >= 11 is 7.72. The van der Waals surface area contributed by atoms with Crippen LogP contribution in [0, 0.1) is 6.92 Å². The van der Waals surface area contributed by atoms with E-state index in [2.05, 4.69) is 5.10 Å². The van der Waals surface area contributed by atoms with Crippen molar-refractivity contribution in [2.75, 3.05) is 6.61 Å². The third-order valence-corrected chi connectivity index (χ3v) is 6.27. The fourth-order valence-electron chi connectivity index (χ4n) is 3.41. The molecule has 0 bridgehead atoms. The van der Waals surface area contributed by atoms with Gasteiger partial charge in [0.15, 0.2) is 6.61 Å². The predicted molar refractivity (Wildman–Crippen MR) is 125 cm³/mol. The van der Waals surface area contributed by atoms with Crippen LogP contribution in [0.5, 0.6) is 5.75 Å². The van der Waals surface area contributed by atoms with Gasteiger partial charge < -0.3 is 9.84 Å². The Labute approximate surface area is 202 Å². The minimum Gasteiger partial charge on any atom is -0.482 e. The Morgan fingerprint density at radius 1 is 1.12 bits per heavy atom. The lowest BCUT2D eigenvalue weighted by molar-refractivity contribution is -0.139. The Bertz CT molecular complexity index is 1350. The summed E-state index contributed by atoms with van der Waals surface area (Å²) in [6.07, 6.45) is -4.41. The van der Waals surface area contributed by atoms with E-state index < -0.39 is 24.3 Å². The lowest BCUT2D eigenvalue weighted by Crippen LogP contribution is -2.09. The van der Waals surface area contributed by atoms with Crippen LogP contribution in [0.15, 0.2) is 65.6 Å². The van der Waals surface area contributed by atoms with Crippen molar-refractivity contribution in [3.8, 4) is 11.4 Å². The number of aromatic nitrogens is 2. The second kappa shape index (κ2) is 9.60. The number of nitrogens with zero attached hydrogens (tertiary/aromatic N) is 2. The van der Waals surface area contributed by atoms with Crippen molar-refractivity contribution in [1.29, 1.82) is 0 Å². The topological polar surface area (TPSA) is 64.4 Å². The van der Waals surface area contributed by atoms with Crippen LogP contribution in [-0.2, 0) is 16.7 Å². The van der Waals surface area contributed by atoms with Gasteiger partial charge in [-0.1, -0.05) is 11.6 Å². The molecular formula is C24H18ClF3N2O3S. The molecule has 4 rings (SSSR count). The number of thioether (sulfide) groups is 1. The van der Waals surface area contributed by atoms with E-state index in [9.17, 15) is 18.0 Å². The van der Waals surface area contributed by atoms with E-state index in [1.807, 2.05) is 19.1 Å². The van der Waals surface area contributed by atoms with Crippen molar-refractivity contribution >= 4 is 40.2 Å². The SMILES string of the molecule is Cc1cc(SCc2nn(-c3ccc(C(F)(F)F)cc3)c3ccc(Cl)cc23)ccc1OCC(=O)O. The van der Waals surface area contributed by atoms with Crippen molar-refractivity contribution < 1.29 is 27.8 Å².